The molecule has 0 aromatic carbocycles. The van der Waals surface area contributed by atoms with Crippen LogP contribution in [0.5, 0.6) is 6.01 Å². The number of furan rings is 1. The molecule has 8 nitrogen and oxygen atoms in total. The lowest BCUT2D eigenvalue weighted by atomic mass is 10.2. The number of ether oxygens (including phenoxy) is 2. The number of amides is 2. The van der Waals surface area contributed by atoms with Crippen molar-refractivity contribution >= 4 is 11.8 Å². The average Bonchev–Trinajstić information content (AvgIpc) is 3.24. The first kappa shape index (κ1) is 16.3. The zero-order chi connectivity index (χ0) is 16.9. The molecular formula is C16H20N4O4. The van der Waals surface area contributed by atoms with Gasteiger partial charge >= 0.3 is 12.0 Å². The summed E-state index contributed by atoms with van der Waals surface area (Å²) in [6, 6.07) is 5.30. The molecule has 0 radical (unpaired) electrons. The third kappa shape index (κ3) is 3.48. The molecule has 0 bridgehead atoms. The largest absolute Gasteiger partial charge is 0.467 e. The quantitative estimate of drug-likeness (QED) is 0.905. The number of nitrogens with one attached hydrogen (secondary N) is 1. The maximum absolute atomic E-state index is 12.6. The molecule has 1 unspecified atom stereocenters. The molecule has 1 aliphatic heterocycles. The van der Waals surface area contributed by atoms with Crippen molar-refractivity contribution in [1.29, 1.82) is 0 Å². The number of methoxy groups -OCH3 is 2. The molecule has 0 aliphatic carbocycles. The number of nitrogens with zero attached hydrogens (tertiary/aromatic N) is 3. The predicted octanol–water partition coefficient (Wildman–Crippen LogP) is 2.59. The Hall–Kier alpha value is -2.61. The molecule has 1 saturated heterocycles. The fourth-order valence-electron chi connectivity index (χ4n) is 2.79. The Labute approximate surface area is 139 Å². The van der Waals surface area contributed by atoms with Crippen molar-refractivity contribution in [2.24, 2.45) is 0 Å². The van der Waals surface area contributed by atoms with Crippen LogP contribution in [-0.4, -0.2) is 41.7 Å². The smallest absolute Gasteiger partial charge is 0.323 e. The molecule has 3 heterocycles. The summed E-state index contributed by atoms with van der Waals surface area (Å²) in [5.41, 5.74) is 0. The van der Waals surface area contributed by atoms with E-state index >= 15 is 0 Å². The van der Waals surface area contributed by atoms with Crippen LogP contribution >= 0.6 is 0 Å². The molecule has 24 heavy (non-hydrogen) atoms. The second kappa shape index (κ2) is 7.31. The predicted molar refractivity (Wildman–Crippen MR) is 85.7 cm³/mol. The number of anilines is 1. The number of carbonyl (C=O) groups is 1. The van der Waals surface area contributed by atoms with Crippen LogP contribution in [0, 0.1) is 0 Å². The van der Waals surface area contributed by atoms with E-state index in [-0.39, 0.29) is 18.1 Å². The second-order valence-electron chi connectivity index (χ2n) is 5.45. The van der Waals surface area contributed by atoms with Gasteiger partial charge in [0.05, 0.1) is 13.2 Å². The van der Waals surface area contributed by atoms with Crippen LogP contribution in [0.25, 0.3) is 0 Å². The highest BCUT2D eigenvalue weighted by atomic mass is 16.5. The van der Waals surface area contributed by atoms with Gasteiger partial charge in [0.2, 0.25) is 0 Å². The number of hydrogen-bond acceptors (Lipinski definition) is 6. The number of urea groups is 1. The van der Waals surface area contributed by atoms with Crippen molar-refractivity contribution in [3.63, 3.8) is 0 Å². The molecular weight excluding hydrogens is 312 g/mol. The monoisotopic (exact) mass is 332 g/mol. The summed E-state index contributed by atoms with van der Waals surface area (Å²) in [6.45, 7) is 1.08. The summed E-state index contributed by atoms with van der Waals surface area (Å²) in [5.74, 6) is 1.92. The maximum atomic E-state index is 12.6. The fraction of sp³-hybridized carbons (Fsp3) is 0.438. The third-order valence-electron chi connectivity index (χ3n) is 3.86. The first-order chi connectivity index (χ1) is 11.7. The molecule has 2 aromatic rings. The summed E-state index contributed by atoms with van der Waals surface area (Å²) in [6.07, 6.45) is 3.32. The standard InChI is InChI=1S/C16H20N4O4/c1-22-10-11-5-6-13(24-11)12-4-3-9-20(12)16(21)19-14-7-8-17-15(18-14)23-2/h5-8,12H,3-4,9-10H2,1-2H3,(H,17,18,19,21). The Kier molecular flexibility index (Phi) is 4.95. The highest BCUT2D eigenvalue weighted by Crippen LogP contribution is 2.33. The maximum Gasteiger partial charge on any atom is 0.323 e. The highest BCUT2D eigenvalue weighted by molar-refractivity contribution is 5.88. The third-order valence-corrected chi connectivity index (χ3v) is 3.86. The number of likely N-dealkylation sites (tertiary alicyclic amines) is 1. The van der Waals surface area contributed by atoms with Gasteiger partial charge in [-0.3, -0.25) is 5.32 Å². The van der Waals surface area contributed by atoms with Crippen LogP contribution in [0.2, 0.25) is 0 Å². The van der Waals surface area contributed by atoms with Crippen molar-refractivity contribution in [2.75, 3.05) is 26.1 Å². The van der Waals surface area contributed by atoms with E-state index in [2.05, 4.69) is 15.3 Å². The van der Waals surface area contributed by atoms with E-state index in [4.69, 9.17) is 13.9 Å². The molecule has 2 aromatic heterocycles. The zero-order valence-electron chi connectivity index (χ0n) is 13.7. The molecule has 128 valence electrons. The summed E-state index contributed by atoms with van der Waals surface area (Å²) < 4.78 is 15.8. The van der Waals surface area contributed by atoms with Crippen molar-refractivity contribution in [2.45, 2.75) is 25.5 Å². The summed E-state index contributed by atoms with van der Waals surface area (Å²) >= 11 is 0. The van der Waals surface area contributed by atoms with Crippen LogP contribution in [-0.2, 0) is 11.3 Å². The number of aromatic nitrogens is 2. The fourth-order valence-corrected chi connectivity index (χ4v) is 2.79. The van der Waals surface area contributed by atoms with Gasteiger partial charge in [0.25, 0.3) is 0 Å². The Balaban J connectivity index is 1.70. The van der Waals surface area contributed by atoms with E-state index in [1.54, 1.807) is 18.1 Å². The molecule has 1 fully saturated rings. The second-order valence-corrected chi connectivity index (χ2v) is 5.45. The van der Waals surface area contributed by atoms with Gasteiger partial charge in [-0.15, -0.1) is 0 Å². The highest BCUT2D eigenvalue weighted by Gasteiger charge is 2.32. The Morgan fingerprint density at radius 3 is 3.08 bits per heavy atom. The topological polar surface area (TPSA) is 89.7 Å². The Morgan fingerprint density at radius 1 is 1.42 bits per heavy atom. The molecule has 0 spiro atoms. The van der Waals surface area contributed by atoms with Gasteiger partial charge in [0.15, 0.2) is 0 Å². The minimum Gasteiger partial charge on any atom is -0.467 e. The van der Waals surface area contributed by atoms with Gasteiger partial charge in [-0.25, -0.2) is 9.78 Å². The SMILES string of the molecule is COCc1ccc(C2CCCN2C(=O)Nc2ccnc(OC)n2)o1. The van der Waals surface area contributed by atoms with Gasteiger partial charge in [0.1, 0.15) is 23.9 Å². The summed E-state index contributed by atoms with van der Waals surface area (Å²) in [5, 5.41) is 2.78. The van der Waals surface area contributed by atoms with Crippen LogP contribution in [0.3, 0.4) is 0 Å². The van der Waals surface area contributed by atoms with E-state index in [1.807, 2.05) is 12.1 Å². The van der Waals surface area contributed by atoms with E-state index in [1.165, 1.54) is 13.3 Å². The number of carbonyl (C=O) groups excluding carboxylic acids is 1. The first-order valence-electron chi connectivity index (χ1n) is 7.73. The Morgan fingerprint density at radius 2 is 2.29 bits per heavy atom. The minimum absolute atomic E-state index is 0.0839. The molecule has 3 rings (SSSR count). The lowest BCUT2D eigenvalue weighted by Gasteiger charge is -2.23. The van der Waals surface area contributed by atoms with Gasteiger partial charge in [-0.1, -0.05) is 0 Å². The summed E-state index contributed by atoms with van der Waals surface area (Å²) in [4.78, 5) is 22.3. The van der Waals surface area contributed by atoms with Crippen molar-refractivity contribution < 1.29 is 18.7 Å². The normalized spacial score (nSPS) is 17.1. The first-order valence-corrected chi connectivity index (χ1v) is 7.73. The molecule has 1 aliphatic rings. The van der Waals surface area contributed by atoms with Crippen molar-refractivity contribution in [3.8, 4) is 6.01 Å². The van der Waals surface area contributed by atoms with E-state index < -0.39 is 0 Å². The van der Waals surface area contributed by atoms with Gasteiger partial charge < -0.3 is 18.8 Å². The van der Waals surface area contributed by atoms with E-state index in [0.29, 0.717) is 19.0 Å². The molecule has 8 heteroatoms. The van der Waals surface area contributed by atoms with Crippen LogP contribution < -0.4 is 10.1 Å². The van der Waals surface area contributed by atoms with Gasteiger partial charge in [-0.2, -0.15) is 4.98 Å². The number of hydrogen-bond donors (Lipinski definition) is 1. The molecule has 0 saturated carbocycles. The zero-order valence-corrected chi connectivity index (χ0v) is 13.7. The lowest BCUT2D eigenvalue weighted by molar-refractivity contribution is 0.157. The minimum atomic E-state index is -0.219. The van der Waals surface area contributed by atoms with Crippen molar-refractivity contribution in [3.05, 3.63) is 35.9 Å². The van der Waals surface area contributed by atoms with Gasteiger partial charge in [0, 0.05) is 19.9 Å². The van der Waals surface area contributed by atoms with Crippen LogP contribution in [0.1, 0.15) is 30.4 Å². The molecule has 2 amide bonds. The van der Waals surface area contributed by atoms with E-state index in [0.717, 1.165) is 24.4 Å². The van der Waals surface area contributed by atoms with Crippen LogP contribution in [0.4, 0.5) is 10.6 Å². The Bertz CT molecular complexity index is 703. The summed E-state index contributed by atoms with van der Waals surface area (Å²) in [7, 11) is 3.10. The van der Waals surface area contributed by atoms with Gasteiger partial charge in [-0.05, 0) is 31.0 Å². The molecule has 1 atom stereocenters. The van der Waals surface area contributed by atoms with Crippen LogP contribution in [0.15, 0.2) is 28.8 Å². The lowest BCUT2D eigenvalue weighted by Crippen LogP contribution is -2.34. The van der Waals surface area contributed by atoms with E-state index in [9.17, 15) is 4.79 Å². The molecule has 1 N–H and O–H groups in total. The number of rotatable bonds is 5. The van der Waals surface area contributed by atoms with Crippen molar-refractivity contribution in [1.82, 2.24) is 14.9 Å². The average molecular weight is 332 g/mol.